The van der Waals surface area contributed by atoms with E-state index in [0.29, 0.717) is 11.4 Å². The summed E-state index contributed by atoms with van der Waals surface area (Å²) in [6.07, 6.45) is -1.12. The van der Waals surface area contributed by atoms with Crippen LogP contribution in [0.2, 0.25) is 22.2 Å². The molecule has 16 heteroatoms. The molecule has 0 saturated carbocycles. The Morgan fingerprint density at radius 1 is 0.907 bits per heavy atom. The van der Waals surface area contributed by atoms with Crippen LogP contribution in [0.25, 0.3) is 11.2 Å². The van der Waals surface area contributed by atoms with E-state index in [1.165, 1.54) is 11.2 Å². The van der Waals surface area contributed by atoms with Crippen LogP contribution in [0, 0.1) is 0 Å². The third-order valence-corrected chi connectivity index (χ3v) is 20.3. The number of aliphatic hydroxyl groups is 1. The molecule has 2 aliphatic heterocycles. The average molecular weight is 776 g/mol. The number of aromatic nitrogens is 4. The van der Waals surface area contributed by atoms with Gasteiger partial charge in [0.15, 0.2) is 17.4 Å². The van der Waals surface area contributed by atoms with Crippen LogP contribution in [0.4, 0.5) is 22.1 Å². The zero-order valence-electron chi connectivity index (χ0n) is 32.8. The van der Waals surface area contributed by atoms with E-state index in [-0.39, 0.29) is 51.8 Å². The van der Waals surface area contributed by atoms with Crippen LogP contribution in [-0.4, -0.2) is 98.1 Å². The van der Waals surface area contributed by atoms with E-state index in [2.05, 4.69) is 70.4 Å². The van der Waals surface area contributed by atoms with Crippen molar-refractivity contribution in [3.63, 3.8) is 0 Å². The fraction of sp³-hybridized carbons (Fsp3) is 0.500. The van der Waals surface area contributed by atoms with Crippen LogP contribution in [0.3, 0.4) is 0 Å². The van der Waals surface area contributed by atoms with E-state index in [9.17, 15) is 9.90 Å². The Bertz CT molecular complexity index is 1870. The van der Waals surface area contributed by atoms with Gasteiger partial charge in [-0.05, 0) is 46.4 Å². The van der Waals surface area contributed by atoms with Crippen molar-refractivity contribution < 1.29 is 32.3 Å². The lowest BCUT2D eigenvalue weighted by Crippen LogP contribution is -2.65. The standard InChI is InChI=1S/C38H53N7O7Si2/c1-24(2)53(25(3)4)48-21-30-33(51-54(52-53,26(5)6)27(7)8)32(46)36(49-30)44-23-39-31-34(44)41-37(40-22-43(9)10)42-35(31)50-38(47)45(28-17-13-11-14-18-28)29-19-15-12-16-20-29/h11-20,22-27,30,32-33,36,46H,21H2,1-10H3/b40-22+/t30-,32-,33-,36-/m1/s1. The molecule has 4 atom stereocenters. The third-order valence-electron chi connectivity index (χ3n) is 10.1. The lowest BCUT2D eigenvalue weighted by atomic mass is 10.1. The van der Waals surface area contributed by atoms with Crippen molar-refractivity contribution in [1.82, 2.24) is 24.4 Å². The first kappa shape index (κ1) is 39.7. The SMILES string of the molecule is CC(C)[Si]1(C(C)C)OC[C@H]2O[C@@H](n3cnc4c(OC(=O)N(c5ccccc5)c5ccccc5)nc(/N=C/N(C)C)nc43)[C@H](O)[C@@H]2O[Si](C(C)C)(C(C)C)O1. The number of nitrogens with zero attached hydrogens (tertiary/aromatic N) is 7. The van der Waals surface area contributed by atoms with Crippen molar-refractivity contribution in [2.24, 2.45) is 4.99 Å². The van der Waals surface area contributed by atoms with Crippen LogP contribution >= 0.6 is 0 Å². The van der Waals surface area contributed by atoms with E-state index in [4.69, 9.17) is 27.4 Å². The van der Waals surface area contributed by atoms with Crippen molar-refractivity contribution in [1.29, 1.82) is 0 Å². The van der Waals surface area contributed by atoms with Crippen molar-refractivity contribution in [2.45, 2.75) is 102 Å². The topological polar surface area (TPSA) is 146 Å². The fourth-order valence-corrected chi connectivity index (χ4v) is 18.6. The second kappa shape index (κ2) is 16.0. The Hall–Kier alpha value is -4.04. The summed E-state index contributed by atoms with van der Waals surface area (Å²) in [6, 6.07) is 18.4. The number of aliphatic hydroxyl groups excluding tert-OH is 1. The first-order chi connectivity index (χ1) is 25.7. The van der Waals surface area contributed by atoms with Gasteiger partial charge >= 0.3 is 23.2 Å². The maximum Gasteiger partial charge on any atom is 0.425 e. The van der Waals surface area contributed by atoms with Crippen LogP contribution in [0.5, 0.6) is 5.88 Å². The number of benzene rings is 2. The number of rotatable bonds is 10. The second-order valence-corrected chi connectivity index (χ2v) is 24.2. The van der Waals surface area contributed by atoms with Crippen LogP contribution in [0.1, 0.15) is 61.6 Å². The van der Waals surface area contributed by atoms with Gasteiger partial charge in [-0.25, -0.2) is 19.7 Å². The van der Waals surface area contributed by atoms with E-state index in [1.54, 1.807) is 15.8 Å². The van der Waals surface area contributed by atoms with Gasteiger partial charge < -0.3 is 32.4 Å². The number of imidazole rings is 1. The summed E-state index contributed by atoms with van der Waals surface area (Å²) in [5, 5.41) is 12.1. The van der Waals surface area contributed by atoms with E-state index >= 15 is 0 Å². The highest BCUT2D eigenvalue weighted by molar-refractivity contribution is 6.84. The summed E-state index contributed by atoms with van der Waals surface area (Å²) in [6.45, 7) is 17.4. The normalized spacial score (nSPS) is 22.6. The molecular weight excluding hydrogens is 723 g/mol. The lowest BCUT2D eigenvalue weighted by Gasteiger charge is -2.51. The van der Waals surface area contributed by atoms with Crippen molar-refractivity contribution in [2.75, 3.05) is 25.6 Å². The van der Waals surface area contributed by atoms with Crippen molar-refractivity contribution >= 4 is 58.0 Å². The number of hydrogen-bond donors (Lipinski definition) is 1. The summed E-state index contributed by atoms with van der Waals surface area (Å²) < 4.78 is 35.7. The minimum Gasteiger partial charge on any atom is -0.414 e. The highest BCUT2D eigenvalue weighted by Gasteiger charge is 2.61. The number of ether oxygens (including phenoxy) is 2. The first-order valence-electron chi connectivity index (χ1n) is 18.6. The van der Waals surface area contributed by atoms with Gasteiger partial charge in [0.2, 0.25) is 0 Å². The highest BCUT2D eigenvalue weighted by atomic mass is 28.5. The molecule has 2 aromatic heterocycles. The number of carbonyl (C=O) groups is 1. The number of amides is 1. The van der Waals surface area contributed by atoms with Gasteiger partial charge in [-0.3, -0.25) is 4.57 Å². The molecule has 0 aliphatic carbocycles. The Morgan fingerprint density at radius 2 is 1.48 bits per heavy atom. The highest BCUT2D eigenvalue weighted by Crippen LogP contribution is 2.48. The maximum absolute atomic E-state index is 14.1. The van der Waals surface area contributed by atoms with Crippen LogP contribution < -0.4 is 9.64 Å². The minimum atomic E-state index is -3.04. The molecule has 2 aliphatic rings. The molecule has 0 bridgehead atoms. The maximum atomic E-state index is 14.1. The monoisotopic (exact) mass is 775 g/mol. The molecule has 1 amide bonds. The number of para-hydroxylation sites is 2. The van der Waals surface area contributed by atoms with E-state index in [0.717, 1.165) is 0 Å². The molecule has 6 rings (SSSR count). The van der Waals surface area contributed by atoms with Crippen LogP contribution in [-0.2, 0) is 17.7 Å². The molecule has 2 aromatic carbocycles. The number of fused-ring (bicyclic) bond motifs is 2. The molecule has 0 unspecified atom stereocenters. The molecule has 2 fully saturated rings. The Kier molecular flexibility index (Phi) is 11.7. The minimum absolute atomic E-state index is 0.0221. The molecule has 4 heterocycles. The molecule has 0 spiro atoms. The van der Waals surface area contributed by atoms with Crippen LogP contribution in [0.15, 0.2) is 72.0 Å². The smallest absolute Gasteiger partial charge is 0.414 e. The summed E-state index contributed by atoms with van der Waals surface area (Å²) >= 11 is 0. The number of hydrogen-bond acceptors (Lipinski definition) is 11. The largest absolute Gasteiger partial charge is 0.425 e. The summed E-state index contributed by atoms with van der Waals surface area (Å²) in [5.74, 6) is -0.0809. The summed E-state index contributed by atoms with van der Waals surface area (Å²) in [4.78, 5) is 35.5. The Balaban J connectivity index is 1.41. The number of anilines is 2. The molecule has 0 radical (unpaired) electrons. The number of carbonyl (C=O) groups excluding carboxylic acids is 1. The Labute approximate surface area is 319 Å². The van der Waals surface area contributed by atoms with Crippen molar-refractivity contribution in [3.8, 4) is 5.88 Å². The lowest BCUT2D eigenvalue weighted by molar-refractivity contribution is -0.0570. The van der Waals surface area contributed by atoms with Gasteiger partial charge in [0, 0.05) is 14.1 Å². The number of aliphatic imine (C=N–C) groups is 1. The molecular formula is C38H53N7O7Si2. The molecule has 2 saturated heterocycles. The molecule has 1 N–H and O–H groups in total. The average Bonchev–Trinajstić information content (AvgIpc) is 3.67. The van der Waals surface area contributed by atoms with Gasteiger partial charge in [0.05, 0.1) is 30.6 Å². The van der Waals surface area contributed by atoms with Gasteiger partial charge in [0.25, 0.3) is 11.8 Å². The van der Waals surface area contributed by atoms with Gasteiger partial charge in [-0.1, -0.05) is 91.8 Å². The zero-order valence-corrected chi connectivity index (χ0v) is 34.8. The third kappa shape index (κ3) is 7.47. The molecule has 290 valence electrons. The Morgan fingerprint density at radius 3 is 2.02 bits per heavy atom. The molecule has 4 aromatic rings. The fourth-order valence-electron chi connectivity index (χ4n) is 7.37. The second-order valence-electron chi connectivity index (χ2n) is 15.3. The van der Waals surface area contributed by atoms with E-state index in [1.807, 2.05) is 74.8 Å². The summed E-state index contributed by atoms with van der Waals surface area (Å²) in [7, 11) is -2.24. The van der Waals surface area contributed by atoms with Gasteiger partial charge in [0.1, 0.15) is 18.3 Å². The van der Waals surface area contributed by atoms with E-state index < -0.39 is 47.8 Å². The first-order valence-corrected chi connectivity index (χ1v) is 22.5. The molecule has 54 heavy (non-hydrogen) atoms. The van der Waals surface area contributed by atoms with Gasteiger partial charge in [-0.15, -0.1) is 0 Å². The van der Waals surface area contributed by atoms with Gasteiger partial charge in [-0.2, -0.15) is 9.97 Å². The zero-order chi connectivity index (χ0) is 38.9. The molecule has 14 nitrogen and oxygen atoms in total. The predicted molar refractivity (Wildman–Crippen MR) is 212 cm³/mol. The quantitative estimate of drug-likeness (QED) is 0.0966. The van der Waals surface area contributed by atoms with Crippen molar-refractivity contribution in [3.05, 3.63) is 67.0 Å². The predicted octanol–water partition coefficient (Wildman–Crippen LogP) is 7.60. The summed E-state index contributed by atoms with van der Waals surface area (Å²) in [5.41, 5.74) is 2.08.